The third-order valence-corrected chi connectivity index (χ3v) is 3.67. The molecular formula is C15H24N2O. The van der Waals surface area contributed by atoms with E-state index in [4.69, 9.17) is 10.5 Å². The summed E-state index contributed by atoms with van der Waals surface area (Å²) >= 11 is 0. The largest absolute Gasteiger partial charge is 0.494 e. The normalized spacial score (nSPS) is 25.1. The molecule has 0 bridgehead atoms. The molecule has 100 valence electrons. The van der Waals surface area contributed by atoms with Crippen molar-refractivity contribution in [2.45, 2.75) is 45.3 Å². The molecule has 0 radical (unpaired) electrons. The zero-order valence-corrected chi connectivity index (χ0v) is 11.4. The van der Waals surface area contributed by atoms with Gasteiger partial charge in [-0.05, 0) is 44.4 Å². The average molecular weight is 248 g/mol. The van der Waals surface area contributed by atoms with Gasteiger partial charge in [-0.15, -0.1) is 0 Å². The molecule has 2 N–H and O–H groups in total. The molecule has 1 fully saturated rings. The molecule has 1 saturated heterocycles. The molecule has 2 atom stereocenters. The maximum Gasteiger partial charge on any atom is 0.119 e. The predicted molar refractivity (Wildman–Crippen MR) is 74.7 cm³/mol. The van der Waals surface area contributed by atoms with Gasteiger partial charge in [0, 0.05) is 25.2 Å². The first kappa shape index (κ1) is 13.4. The SMILES string of the molecule is CCOc1ccc(CN2CCC(N)CC2C)cc1. The maximum atomic E-state index is 5.99. The quantitative estimate of drug-likeness (QED) is 0.889. The van der Waals surface area contributed by atoms with Gasteiger partial charge in [-0.25, -0.2) is 0 Å². The molecule has 1 heterocycles. The molecule has 3 heteroatoms. The third kappa shape index (κ3) is 3.47. The van der Waals surface area contributed by atoms with Gasteiger partial charge in [0.25, 0.3) is 0 Å². The lowest BCUT2D eigenvalue weighted by Crippen LogP contribution is -2.44. The molecule has 2 rings (SSSR count). The lowest BCUT2D eigenvalue weighted by atomic mass is 9.98. The van der Waals surface area contributed by atoms with Crippen LogP contribution in [0.25, 0.3) is 0 Å². The predicted octanol–water partition coefficient (Wildman–Crippen LogP) is 2.40. The van der Waals surface area contributed by atoms with Gasteiger partial charge in [-0.3, -0.25) is 4.90 Å². The monoisotopic (exact) mass is 248 g/mol. The summed E-state index contributed by atoms with van der Waals surface area (Å²) in [5.41, 5.74) is 7.34. The molecule has 0 aliphatic carbocycles. The lowest BCUT2D eigenvalue weighted by Gasteiger charge is -2.36. The van der Waals surface area contributed by atoms with Crippen molar-refractivity contribution in [3.05, 3.63) is 29.8 Å². The van der Waals surface area contributed by atoms with E-state index >= 15 is 0 Å². The number of nitrogens with zero attached hydrogens (tertiary/aromatic N) is 1. The van der Waals surface area contributed by atoms with E-state index in [2.05, 4.69) is 36.1 Å². The van der Waals surface area contributed by atoms with Crippen LogP contribution in [-0.4, -0.2) is 30.1 Å². The Morgan fingerprint density at radius 3 is 2.67 bits per heavy atom. The van der Waals surface area contributed by atoms with Gasteiger partial charge < -0.3 is 10.5 Å². The molecule has 3 nitrogen and oxygen atoms in total. The first-order valence-corrected chi connectivity index (χ1v) is 6.90. The molecule has 1 aliphatic heterocycles. The fraction of sp³-hybridized carbons (Fsp3) is 0.600. The average Bonchev–Trinajstić information content (AvgIpc) is 2.35. The molecule has 0 spiro atoms. The zero-order valence-electron chi connectivity index (χ0n) is 11.4. The number of hydrogen-bond acceptors (Lipinski definition) is 3. The second kappa shape index (κ2) is 6.21. The summed E-state index contributed by atoms with van der Waals surface area (Å²) in [5.74, 6) is 0.954. The van der Waals surface area contributed by atoms with E-state index in [-0.39, 0.29) is 0 Å². The minimum Gasteiger partial charge on any atom is -0.494 e. The summed E-state index contributed by atoms with van der Waals surface area (Å²) in [6.45, 7) is 7.12. The Kier molecular flexibility index (Phi) is 4.61. The fourth-order valence-corrected chi connectivity index (χ4v) is 2.58. The van der Waals surface area contributed by atoms with Crippen LogP contribution in [0, 0.1) is 0 Å². The number of hydrogen-bond donors (Lipinski definition) is 1. The van der Waals surface area contributed by atoms with Crippen molar-refractivity contribution < 1.29 is 4.74 Å². The van der Waals surface area contributed by atoms with Crippen molar-refractivity contribution in [2.24, 2.45) is 5.73 Å². The van der Waals surface area contributed by atoms with E-state index in [0.29, 0.717) is 12.1 Å². The topological polar surface area (TPSA) is 38.5 Å². The molecule has 0 amide bonds. The summed E-state index contributed by atoms with van der Waals surface area (Å²) in [7, 11) is 0. The van der Waals surface area contributed by atoms with Gasteiger partial charge >= 0.3 is 0 Å². The van der Waals surface area contributed by atoms with Crippen molar-refractivity contribution in [1.82, 2.24) is 4.90 Å². The van der Waals surface area contributed by atoms with E-state index in [9.17, 15) is 0 Å². The number of ether oxygens (including phenoxy) is 1. The number of nitrogens with two attached hydrogens (primary N) is 1. The highest BCUT2D eigenvalue weighted by molar-refractivity contribution is 5.27. The van der Waals surface area contributed by atoms with Crippen molar-refractivity contribution in [3.63, 3.8) is 0 Å². The zero-order chi connectivity index (χ0) is 13.0. The van der Waals surface area contributed by atoms with Gasteiger partial charge in [0.15, 0.2) is 0 Å². The van der Waals surface area contributed by atoms with Crippen LogP contribution in [0.4, 0.5) is 0 Å². The van der Waals surface area contributed by atoms with Crippen molar-refractivity contribution >= 4 is 0 Å². The number of likely N-dealkylation sites (tertiary alicyclic amines) is 1. The second-order valence-electron chi connectivity index (χ2n) is 5.18. The molecule has 0 aromatic heterocycles. The summed E-state index contributed by atoms with van der Waals surface area (Å²) in [6.07, 6.45) is 2.22. The van der Waals surface area contributed by atoms with Crippen molar-refractivity contribution in [3.8, 4) is 5.75 Å². The Morgan fingerprint density at radius 1 is 1.33 bits per heavy atom. The second-order valence-corrected chi connectivity index (χ2v) is 5.18. The number of piperidine rings is 1. The van der Waals surface area contributed by atoms with Gasteiger partial charge in [0.05, 0.1) is 6.61 Å². The Hall–Kier alpha value is -1.06. The van der Waals surface area contributed by atoms with Crippen LogP contribution in [0.2, 0.25) is 0 Å². The first-order chi connectivity index (χ1) is 8.69. The summed E-state index contributed by atoms with van der Waals surface area (Å²) in [6, 6.07) is 9.40. The molecule has 1 aliphatic rings. The van der Waals surface area contributed by atoms with Gasteiger partial charge in [0.1, 0.15) is 5.75 Å². The molecular weight excluding hydrogens is 224 g/mol. The highest BCUT2D eigenvalue weighted by Gasteiger charge is 2.22. The van der Waals surface area contributed by atoms with Crippen LogP contribution in [0.15, 0.2) is 24.3 Å². The van der Waals surface area contributed by atoms with Crippen molar-refractivity contribution in [2.75, 3.05) is 13.2 Å². The molecule has 2 unspecified atom stereocenters. The van der Waals surface area contributed by atoms with Crippen LogP contribution in [0.3, 0.4) is 0 Å². The highest BCUT2D eigenvalue weighted by Crippen LogP contribution is 2.20. The molecule has 1 aromatic rings. The van der Waals surface area contributed by atoms with Gasteiger partial charge in [-0.2, -0.15) is 0 Å². The highest BCUT2D eigenvalue weighted by atomic mass is 16.5. The Bertz CT molecular complexity index is 363. The summed E-state index contributed by atoms with van der Waals surface area (Å²) in [5, 5.41) is 0. The van der Waals surface area contributed by atoms with Crippen LogP contribution >= 0.6 is 0 Å². The van der Waals surface area contributed by atoms with Crippen molar-refractivity contribution in [1.29, 1.82) is 0 Å². The smallest absolute Gasteiger partial charge is 0.119 e. The number of benzene rings is 1. The minimum absolute atomic E-state index is 0.386. The maximum absolute atomic E-state index is 5.99. The van der Waals surface area contributed by atoms with Crippen LogP contribution in [-0.2, 0) is 6.54 Å². The van der Waals surface area contributed by atoms with E-state index < -0.39 is 0 Å². The molecule has 18 heavy (non-hydrogen) atoms. The summed E-state index contributed by atoms with van der Waals surface area (Å²) in [4.78, 5) is 2.51. The van der Waals surface area contributed by atoms with E-state index in [1.165, 1.54) is 5.56 Å². The molecule has 1 aromatic carbocycles. The van der Waals surface area contributed by atoms with Gasteiger partial charge in [0.2, 0.25) is 0 Å². The minimum atomic E-state index is 0.386. The standard InChI is InChI=1S/C15H24N2O/c1-3-18-15-6-4-13(5-7-15)11-17-9-8-14(16)10-12(17)2/h4-7,12,14H,3,8-11,16H2,1-2H3. The third-order valence-electron chi connectivity index (χ3n) is 3.67. The Labute approximate surface area is 110 Å². The summed E-state index contributed by atoms with van der Waals surface area (Å²) < 4.78 is 5.46. The van der Waals surface area contributed by atoms with Crippen LogP contribution < -0.4 is 10.5 Å². The van der Waals surface area contributed by atoms with Crippen LogP contribution in [0.1, 0.15) is 32.3 Å². The Morgan fingerprint density at radius 2 is 2.06 bits per heavy atom. The first-order valence-electron chi connectivity index (χ1n) is 6.90. The van der Waals surface area contributed by atoms with E-state index in [1.807, 2.05) is 6.92 Å². The van der Waals surface area contributed by atoms with Gasteiger partial charge in [-0.1, -0.05) is 12.1 Å². The number of rotatable bonds is 4. The van der Waals surface area contributed by atoms with E-state index in [0.717, 1.165) is 38.3 Å². The molecule has 0 saturated carbocycles. The Balaban J connectivity index is 1.92. The van der Waals surface area contributed by atoms with E-state index in [1.54, 1.807) is 0 Å². The fourth-order valence-electron chi connectivity index (χ4n) is 2.58. The van der Waals surface area contributed by atoms with Crippen LogP contribution in [0.5, 0.6) is 5.75 Å². The lowest BCUT2D eigenvalue weighted by molar-refractivity contribution is 0.140.